The Hall–Kier alpha value is -2.05. The van der Waals surface area contributed by atoms with Crippen molar-refractivity contribution in [1.29, 1.82) is 0 Å². The van der Waals surface area contributed by atoms with Crippen molar-refractivity contribution in [2.75, 3.05) is 19.6 Å². The molecule has 0 saturated carbocycles. The molecule has 1 aliphatic heterocycles. The van der Waals surface area contributed by atoms with Gasteiger partial charge in [0.2, 0.25) is 0 Å². The molecule has 2 rings (SSSR count). The Balaban J connectivity index is 1.74. The van der Waals surface area contributed by atoms with Gasteiger partial charge in [-0.3, -0.25) is 4.79 Å². The first kappa shape index (κ1) is 13.4. The van der Waals surface area contributed by atoms with Crippen molar-refractivity contribution >= 4 is 12.0 Å². The van der Waals surface area contributed by atoms with E-state index in [1.165, 1.54) is 0 Å². The molecule has 1 fully saturated rings. The molecule has 19 heavy (non-hydrogen) atoms. The highest BCUT2D eigenvalue weighted by Gasteiger charge is 2.27. The van der Waals surface area contributed by atoms with Gasteiger partial charge >= 0.3 is 12.0 Å². The van der Waals surface area contributed by atoms with E-state index in [0.29, 0.717) is 32.5 Å². The number of carboxylic acid groups (broad SMARTS) is 1. The van der Waals surface area contributed by atoms with E-state index in [0.717, 1.165) is 12.2 Å². The molecule has 7 nitrogen and oxygen atoms in total. The number of rotatable bonds is 4. The lowest BCUT2D eigenvalue weighted by Gasteiger charge is -2.30. The van der Waals surface area contributed by atoms with E-state index in [2.05, 4.69) is 15.3 Å². The molecule has 1 saturated heterocycles. The summed E-state index contributed by atoms with van der Waals surface area (Å²) in [6.45, 7) is 1.40. The number of likely N-dealkylation sites (tertiary alicyclic amines) is 1. The first-order valence-electron chi connectivity index (χ1n) is 6.40. The first-order valence-corrected chi connectivity index (χ1v) is 6.40. The average molecular weight is 266 g/mol. The Morgan fingerprint density at radius 3 is 3.11 bits per heavy atom. The summed E-state index contributed by atoms with van der Waals surface area (Å²) in [5.41, 5.74) is 0. The molecule has 0 bridgehead atoms. The standard InChI is InChI=1S/C12H18N4O3/c17-11(18)9-2-1-7-16(8-9)12(19)15-4-3-10-13-5-6-14-10/h5-6,9H,1-4,7-8H2,(H,13,14)(H,15,19)(H,17,18)/t9-/m1/s1. The van der Waals surface area contributed by atoms with Crippen LogP contribution in [0, 0.1) is 5.92 Å². The number of hydrogen-bond donors (Lipinski definition) is 3. The van der Waals surface area contributed by atoms with E-state index >= 15 is 0 Å². The second-order valence-electron chi connectivity index (χ2n) is 4.64. The number of urea groups is 1. The minimum absolute atomic E-state index is 0.197. The van der Waals surface area contributed by atoms with Crippen LogP contribution in [0.2, 0.25) is 0 Å². The van der Waals surface area contributed by atoms with E-state index < -0.39 is 11.9 Å². The van der Waals surface area contributed by atoms with Gasteiger partial charge in [-0.2, -0.15) is 0 Å². The number of H-pyrrole nitrogens is 1. The zero-order valence-corrected chi connectivity index (χ0v) is 10.6. The highest BCUT2D eigenvalue weighted by Crippen LogP contribution is 2.16. The highest BCUT2D eigenvalue weighted by atomic mass is 16.4. The quantitative estimate of drug-likeness (QED) is 0.737. The smallest absolute Gasteiger partial charge is 0.317 e. The number of amides is 2. The third-order valence-corrected chi connectivity index (χ3v) is 3.25. The van der Waals surface area contributed by atoms with E-state index in [9.17, 15) is 9.59 Å². The number of nitrogens with zero attached hydrogens (tertiary/aromatic N) is 2. The monoisotopic (exact) mass is 266 g/mol. The van der Waals surface area contributed by atoms with Crippen molar-refractivity contribution in [1.82, 2.24) is 20.2 Å². The fourth-order valence-electron chi connectivity index (χ4n) is 2.20. The number of nitrogens with one attached hydrogen (secondary N) is 2. The van der Waals surface area contributed by atoms with E-state index in [-0.39, 0.29) is 6.03 Å². The number of aromatic amines is 1. The number of imidazole rings is 1. The minimum Gasteiger partial charge on any atom is -0.481 e. The highest BCUT2D eigenvalue weighted by molar-refractivity contribution is 5.76. The lowest BCUT2D eigenvalue weighted by atomic mass is 9.99. The van der Waals surface area contributed by atoms with Gasteiger partial charge in [0.1, 0.15) is 5.82 Å². The Kier molecular flexibility index (Phi) is 4.38. The lowest BCUT2D eigenvalue weighted by Crippen LogP contribution is -2.47. The van der Waals surface area contributed by atoms with Crippen LogP contribution in [0.3, 0.4) is 0 Å². The molecular formula is C12H18N4O3. The number of piperidine rings is 1. The number of carboxylic acids is 1. The summed E-state index contributed by atoms with van der Waals surface area (Å²) >= 11 is 0. The molecule has 7 heteroatoms. The number of carbonyl (C=O) groups excluding carboxylic acids is 1. The summed E-state index contributed by atoms with van der Waals surface area (Å²) in [6, 6.07) is -0.197. The Morgan fingerprint density at radius 1 is 1.58 bits per heavy atom. The lowest BCUT2D eigenvalue weighted by molar-refractivity contribution is -0.143. The topological polar surface area (TPSA) is 98.3 Å². The van der Waals surface area contributed by atoms with Crippen LogP contribution in [0.1, 0.15) is 18.7 Å². The van der Waals surface area contributed by atoms with Crippen LogP contribution in [0.5, 0.6) is 0 Å². The molecule has 1 aliphatic rings. The Morgan fingerprint density at radius 2 is 2.42 bits per heavy atom. The fourth-order valence-corrected chi connectivity index (χ4v) is 2.20. The Labute approximate surface area is 111 Å². The van der Waals surface area contributed by atoms with Gasteiger partial charge in [-0.15, -0.1) is 0 Å². The van der Waals surface area contributed by atoms with Crippen molar-refractivity contribution in [3.63, 3.8) is 0 Å². The molecule has 0 aromatic carbocycles. The fraction of sp³-hybridized carbons (Fsp3) is 0.583. The number of aliphatic carboxylic acids is 1. The molecule has 3 N–H and O–H groups in total. The van der Waals surface area contributed by atoms with Crippen molar-refractivity contribution in [2.45, 2.75) is 19.3 Å². The molecule has 0 aliphatic carbocycles. The van der Waals surface area contributed by atoms with E-state index in [1.807, 2.05) is 0 Å². The minimum atomic E-state index is -0.826. The maximum Gasteiger partial charge on any atom is 0.317 e. The molecule has 0 spiro atoms. The SMILES string of the molecule is O=C(O)[C@@H]1CCCN(C(=O)NCCc2ncc[nH]2)C1. The Bertz CT molecular complexity index is 432. The molecule has 2 heterocycles. The van der Waals surface area contributed by atoms with Gasteiger partial charge in [0.05, 0.1) is 5.92 Å². The molecule has 2 amide bonds. The second-order valence-corrected chi connectivity index (χ2v) is 4.64. The van der Waals surface area contributed by atoms with Crippen LogP contribution in [-0.2, 0) is 11.2 Å². The van der Waals surface area contributed by atoms with Gasteiger partial charge in [0.25, 0.3) is 0 Å². The summed E-state index contributed by atoms with van der Waals surface area (Å²) in [6.07, 6.45) is 5.42. The number of aromatic nitrogens is 2. The molecule has 1 aromatic rings. The number of hydrogen-bond acceptors (Lipinski definition) is 3. The van der Waals surface area contributed by atoms with E-state index in [1.54, 1.807) is 17.3 Å². The average Bonchev–Trinajstić information content (AvgIpc) is 2.92. The third-order valence-electron chi connectivity index (χ3n) is 3.25. The predicted molar refractivity (Wildman–Crippen MR) is 67.6 cm³/mol. The largest absolute Gasteiger partial charge is 0.481 e. The zero-order valence-electron chi connectivity index (χ0n) is 10.6. The van der Waals surface area contributed by atoms with Crippen molar-refractivity contribution < 1.29 is 14.7 Å². The summed E-state index contributed by atoms with van der Waals surface area (Å²) in [5, 5.41) is 11.8. The molecule has 104 valence electrons. The maximum absolute atomic E-state index is 11.9. The molecule has 0 unspecified atom stereocenters. The van der Waals surface area contributed by atoms with Gasteiger partial charge in [-0.05, 0) is 12.8 Å². The maximum atomic E-state index is 11.9. The van der Waals surface area contributed by atoms with Crippen LogP contribution in [0.4, 0.5) is 4.79 Å². The summed E-state index contributed by atoms with van der Waals surface area (Å²) in [4.78, 5) is 31.4. The summed E-state index contributed by atoms with van der Waals surface area (Å²) in [7, 11) is 0. The van der Waals surface area contributed by atoms with Crippen LogP contribution in [0.25, 0.3) is 0 Å². The van der Waals surface area contributed by atoms with Gasteiger partial charge in [0.15, 0.2) is 0 Å². The molecule has 0 radical (unpaired) electrons. The van der Waals surface area contributed by atoms with Gasteiger partial charge in [0, 0.05) is 38.4 Å². The van der Waals surface area contributed by atoms with Crippen LogP contribution >= 0.6 is 0 Å². The van der Waals surface area contributed by atoms with Crippen LogP contribution in [-0.4, -0.2) is 51.6 Å². The second kappa shape index (κ2) is 6.21. The number of carbonyl (C=O) groups is 2. The van der Waals surface area contributed by atoms with Crippen molar-refractivity contribution in [3.8, 4) is 0 Å². The van der Waals surface area contributed by atoms with E-state index in [4.69, 9.17) is 5.11 Å². The van der Waals surface area contributed by atoms with Gasteiger partial charge in [-0.25, -0.2) is 9.78 Å². The predicted octanol–water partition coefficient (Wildman–Crippen LogP) is 0.458. The third kappa shape index (κ3) is 3.70. The molecule has 1 atom stereocenters. The molecular weight excluding hydrogens is 248 g/mol. The van der Waals surface area contributed by atoms with Crippen LogP contribution < -0.4 is 5.32 Å². The molecule has 1 aromatic heterocycles. The first-order chi connectivity index (χ1) is 9.16. The normalized spacial score (nSPS) is 19.2. The van der Waals surface area contributed by atoms with Crippen molar-refractivity contribution in [2.24, 2.45) is 5.92 Å². The van der Waals surface area contributed by atoms with Crippen LogP contribution in [0.15, 0.2) is 12.4 Å². The summed E-state index contributed by atoms with van der Waals surface area (Å²) in [5.74, 6) is -0.444. The summed E-state index contributed by atoms with van der Waals surface area (Å²) < 4.78 is 0. The van der Waals surface area contributed by atoms with Gasteiger partial charge < -0.3 is 20.3 Å². The van der Waals surface area contributed by atoms with Gasteiger partial charge in [-0.1, -0.05) is 0 Å². The zero-order chi connectivity index (χ0) is 13.7. The van der Waals surface area contributed by atoms with Crippen molar-refractivity contribution in [3.05, 3.63) is 18.2 Å².